The second-order valence-electron chi connectivity index (χ2n) is 6.37. The minimum atomic E-state index is -1.07. The summed E-state index contributed by atoms with van der Waals surface area (Å²) < 4.78 is 10.7. The number of carboxylic acid groups (broad SMARTS) is 1. The molecule has 0 aliphatic carbocycles. The molecule has 1 amide bonds. The molecular formula is C16H21NO5. The van der Waals surface area contributed by atoms with Gasteiger partial charge in [0.05, 0.1) is 12.8 Å². The number of amides is 1. The van der Waals surface area contributed by atoms with Gasteiger partial charge in [-0.2, -0.15) is 0 Å². The Kier molecular flexibility index (Phi) is 4.04. The minimum absolute atomic E-state index is 0.202. The third-order valence-electron chi connectivity index (χ3n) is 3.39. The number of aliphatic carboxylic acids is 1. The number of anilines is 1. The molecular weight excluding hydrogens is 286 g/mol. The topological polar surface area (TPSA) is 76.1 Å². The monoisotopic (exact) mass is 307 g/mol. The lowest BCUT2D eigenvalue weighted by Crippen LogP contribution is -2.45. The molecule has 0 saturated heterocycles. The Morgan fingerprint density at radius 1 is 1.32 bits per heavy atom. The Labute approximate surface area is 129 Å². The molecule has 6 nitrogen and oxygen atoms in total. The first-order valence-electron chi connectivity index (χ1n) is 7.06. The number of nitrogens with zero attached hydrogens (tertiary/aromatic N) is 1. The van der Waals surface area contributed by atoms with Crippen LogP contribution in [0.2, 0.25) is 0 Å². The van der Waals surface area contributed by atoms with E-state index in [0.29, 0.717) is 17.0 Å². The van der Waals surface area contributed by atoms with Crippen molar-refractivity contribution in [1.29, 1.82) is 0 Å². The molecule has 0 aromatic heterocycles. The van der Waals surface area contributed by atoms with Crippen LogP contribution in [0.1, 0.15) is 31.9 Å². The predicted molar refractivity (Wildman–Crippen MR) is 81.6 cm³/mol. The molecule has 1 aromatic rings. The number of carbonyl (C=O) groups is 2. The van der Waals surface area contributed by atoms with Crippen molar-refractivity contribution in [3.63, 3.8) is 0 Å². The van der Waals surface area contributed by atoms with Gasteiger partial charge in [-0.1, -0.05) is 0 Å². The van der Waals surface area contributed by atoms with E-state index < -0.39 is 23.7 Å². The van der Waals surface area contributed by atoms with Gasteiger partial charge in [-0.25, -0.2) is 9.59 Å². The maximum atomic E-state index is 12.4. The second kappa shape index (κ2) is 5.51. The highest BCUT2D eigenvalue weighted by atomic mass is 16.6. The van der Waals surface area contributed by atoms with Crippen LogP contribution in [-0.4, -0.2) is 35.9 Å². The van der Waals surface area contributed by atoms with Crippen LogP contribution in [0.25, 0.3) is 0 Å². The van der Waals surface area contributed by atoms with E-state index in [4.69, 9.17) is 9.47 Å². The van der Waals surface area contributed by atoms with Crippen LogP contribution in [-0.2, 0) is 16.0 Å². The normalized spacial score (nSPS) is 17.1. The molecule has 0 bridgehead atoms. The van der Waals surface area contributed by atoms with Gasteiger partial charge in [0.2, 0.25) is 0 Å². The fourth-order valence-electron chi connectivity index (χ4n) is 2.55. The van der Waals surface area contributed by atoms with Gasteiger partial charge in [0.25, 0.3) is 0 Å². The maximum absolute atomic E-state index is 12.4. The summed E-state index contributed by atoms with van der Waals surface area (Å²) in [5, 5.41) is 9.45. The highest BCUT2D eigenvalue weighted by Crippen LogP contribution is 2.40. The van der Waals surface area contributed by atoms with Crippen LogP contribution < -0.4 is 9.64 Å². The lowest BCUT2D eigenvalue weighted by molar-refractivity contribution is -0.138. The van der Waals surface area contributed by atoms with Crippen molar-refractivity contribution in [1.82, 2.24) is 0 Å². The lowest BCUT2D eigenvalue weighted by atomic mass is 10.1. The number of rotatable bonds is 2. The number of hydrogen-bond acceptors (Lipinski definition) is 4. The number of hydrogen-bond donors (Lipinski definition) is 1. The van der Waals surface area contributed by atoms with Crippen LogP contribution in [0.4, 0.5) is 10.5 Å². The Morgan fingerprint density at radius 2 is 1.95 bits per heavy atom. The molecule has 1 aliphatic rings. The lowest BCUT2D eigenvalue weighted by Gasteiger charge is -2.27. The van der Waals surface area contributed by atoms with Crippen LogP contribution in [0.5, 0.6) is 5.75 Å². The molecule has 0 spiro atoms. The molecule has 22 heavy (non-hydrogen) atoms. The summed E-state index contributed by atoms with van der Waals surface area (Å²) in [5.74, 6) is -0.478. The van der Waals surface area contributed by atoms with E-state index in [1.165, 1.54) is 12.0 Å². The van der Waals surface area contributed by atoms with Gasteiger partial charge in [0.1, 0.15) is 17.4 Å². The van der Waals surface area contributed by atoms with E-state index in [1.54, 1.807) is 26.8 Å². The van der Waals surface area contributed by atoms with Crippen LogP contribution in [0, 0.1) is 6.92 Å². The van der Waals surface area contributed by atoms with Gasteiger partial charge in [0, 0.05) is 12.0 Å². The third-order valence-corrected chi connectivity index (χ3v) is 3.39. The Hall–Kier alpha value is -2.24. The van der Waals surface area contributed by atoms with Crippen LogP contribution >= 0.6 is 0 Å². The van der Waals surface area contributed by atoms with Crippen molar-refractivity contribution in [3.8, 4) is 5.75 Å². The standard InChI is InChI=1S/C16H21NO5/c1-9-6-11-10(13(7-9)21-5)8-12(14(18)19)17(11)15(20)22-16(2,3)4/h6-7,12H,8H2,1-5H3,(H,18,19). The molecule has 6 heteroatoms. The summed E-state index contributed by atoms with van der Waals surface area (Å²) in [6, 6.07) is 2.63. The van der Waals surface area contributed by atoms with Gasteiger partial charge < -0.3 is 14.6 Å². The van der Waals surface area contributed by atoms with Crippen molar-refractivity contribution < 1.29 is 24.2 Å². The minimum Gasteiger partial charge on any atom is -0.496 e. The first-order chi connectivity index (χ1) is 10.1. The predicted octanol–water partition coefficient (Wildman–Crippen LogP) is 2.75. The van der Waals surface area contributed by atoms with Gasteiger partial charge in [-0.3, -0.25) is 4.90 Å². The van der Waals surface area contributed by atoms with Crippen LogP contribution in [0.15, 0.2) is 12.1 Å². The van der Waals surface area contributed by atoms with Gasteiger partial charge in [-0.05, 0) is 45.4 Å². The molecule has 2 rings (SSSR count). The molecule has 120 valence electrons. The smallest absolute Gasteiger partial charge is 0.415 e. The molecule has 0 saturated carbocycles. The average Bonchev–Trinajstić information content (AvgIpc) is 2.74. The number of benzene rings is 1. The molecule has 1 N–H and O–H groups in total. The average molecular weight is 307 g/mol. The number of aryl methyl sites for hydroxylation is 1. The number of methoxy groups -OCH3 is 1. The quantitative estimate of drug-likeness (QED) is 0.909. The fourth-order valence-corrected chi connectivity index (χ4v) is 2.55. The highest BCUT2D eigenvalue weighted by molar-refractivity contribution is 5.99. The van der Waals surface area contributed by atoms with Crippen LogP contribution in [0.3, 0.4) is 0 Å². The summed E-state index contributed by atoms with van der Waals surface area (Å²) in [6.07, 6.45) is -0.459. The zero-order valence-corrected chi connectivity index (χ0v) is 13.5. The number of fused-ring (bicyclic) bond motifs is 1. The number of ether oxygens (including phenoxy) is 2. The zero-order valence-electron chi connectivity index (χ0n) is 13.5. The maximum Gasteiger partial charge on any atom is 0.415 e. The molecule has 0 fully saturated rings. The van der Waals surface area contributed by atoms with E-state index in [-0.39, 0.29) is 6.42 Å². The molecule has 1 aliphatic heterocycles. The second-order valence-corrected chi connectivity index (χ2v) is 6.37. The Balaban J connectivity index is 2.50. The first kappa shape index (κ1) is 16.1. The van der Waals surface area contributed by atoms with E-state index in [0.717, 1.165) is 5.56 Å². The van der Waals surface area contributed by atoms with Crippen molar-refractivity contribution in [2.24, 2.45) is 0 Å². The zero-order chi connectivity index (χ0) is 16.7. The van der Waals surface area contributed by atoms with E-state index >= 15 is 0 Å². The summed E-state index contributed by atoms with van der Waals surface area (Å²) in [5.41, 5.74) is 1.44. The fraction of sp³-hybridized carbons (Fsp3) is 0.500. The summed E-state index contributed by atoms with van der Waals surface area (Å²) in [6.45, 7) is 7.10. The first-order valence-corrected chi connectivity index (χ1v) is 7.06. The third kappa shape index (κ3) is 3.00. The molecule has 1 unspecified atom stereocenters. The van der Waals surface area contributed by atoms with Crippen molar-refractivity contribution in [2.45, 2.75) is 45.8 Å². The Morgan fingerprint density at radius 3 is 2.45 bits per heavy atom. The molecule has 0 radical (unpaired) electrons. The van der Waals surface area contributed by atoms with E-state index in [2.05, 4.69) is 0 Å². The summed E-state index contributed by atoms with van der Waals surface area (Å²) >= 11 is 0. The number of carboxylic acids is 1. The highest BCUT2D eigenvalue weighted by Gasteiger charge is 2.42. The molecule has 1 atom stereocenters. The van der Waals surface area contributed by atoms with E-state index in [9.17, 15) is 14.7 Å². The summed E-state index contributed by atoms with van der Waals surface area (Å²) in [4.78, 5) is 25.2. The molecule has 1 heterocycles. The number of carbonyl (C=O) groups excluding carboxylic acids is 1. The SMILES string of the molecule is COc1cc(C)cc2c1CC(C(=O)O)N2C(=O)OC(C)(C)C. The van der Waals surface area contributed by atoms with Crippen molar-refractivity contribution >= 4 is 17.7 Å². The largest absolute Gasteiger partial charge is 0.496 e. The van der Waals surface area contributed by atoms with Gasteiger partial charge in [0.15, 0.2) is 0 Å². The van der Waals surface area contributed by atoms with Crippen molar-refractivity contribution in [3.05, 3.63) is 23.3 Å². The van der Waals surface area contributed by atoms with E-state index in [1.807, 2.05) is 13.0 Å². The van der Waals surface area contributed by atoms with Gasteiger partial charge in [-0.15, -0.1) is 0 Å². The van der Waals surface area contributed by atoms with Gasteiger partial charge >= 0.3 is 12.1 Å². The summed E-state index contributed by atoms with van der Waals surface area (Å²) in [7, 11) is 1.53. The molecule has 1 aromatic carbocycles. The van der Waals surface area contributed by atoms with Crippen molar-refractivity contribution in [2.75, 3.05) is 12.0 Å². The Bertz CT molecular complexity index is 618.